The van der Waals surface area contributed by atoms with Gasteiger partial charge in [-0.05, 0) is 0 Å². The van der Waals surface area contributed by atoms with Crippen LogP contribution in [-0.4, -0.2) is 16.4 Å². The Morgan fingerprint density at radius 1 is 0.448 bits per heavy atom. The van der Waals surface area contributed by atoms with Crippen molar-refractivity contribution in [3.05, 3.63) is 121 Å². The molecule has 0 saturated heterocycles. The Bertz CT molecular complexity index is 853. The molecule has 2 N–H and O–H groups in total. The van der Waals surface area contributed by atoms with Gasteiger partial charge in [0.2, 0.25) is 0 Å². The second-order valence-corrected chi connectivity index (χ2v) is 11.7. The Hall–Kier alpha value is -3.19. The molecule has 0 amide bonds. The molecule has 4 aromatic rings. The summed E-state index contributed by atoms with van der Waals surface area (Å²) < 4.78 is 5.71. The van der Waals surface area contributed by atoms with E-state index >= 15 is 0 Å². The number of rotatable bonds is 4. The van der Waals surface area contributed by atoms with Gasteiger partial charge in [-0.1, -0.05) is 0 Å². The molecule has 0 saturated carbocycles. The molecule has 4 heteroatoms. The van der Waals surface area contributed by atoms with Gasteiger partial charge in [-0.2, -0.15) is 0 Å². The van der Waals surface area contributed by atoms with Crippen LogP contribution in [-0.2, 0) is 15.5 Å². The minimum atomic E-state index is -2.46. The van der Waals surface area contributed by atoms with E-state index < -0.39 is 21.7 Å². The standard InChI is InChI=1S/4C6H5.CH2O3.Pd/c4*1-2-4-6-5-3-1;2-1(3)4;/h4*1-5H;(H2,2,3,4);. The Kier molecular flexibility index (Phi) is 6.97. The van der Waals surface area contributed by atoms with Crippen LogP contribution in [0.25, 0.3) is 0 Å². The molecule has 0 spiro atoms. The van der Waals surface area contributed by atoms with E-state index in [4.69, 9.17) is 15.0 Å². The SMILES string of the molecule is O=C(O)O.c1cc[c]([Pd]([c]2ccccc2)([c]2ccccc2)[c]2ccccc2)cc1. The zero-order valence-electron chi connectivity index (χ0n) is 15.7. The van der Waals surface area contributed by atoms with Crippen molar-refractivity contribution in [2.45, 2.75) is 0 Å². The van der Waals surface area contributed by atoms with Crippen molar-refractivity contribution in [1.82, 2.24) is 0 Å². The molecule has 4 rings (SSSR count). The molecule has 0 bridgehead atoms. The van der Waals surface area contributed by atoms with Crippen LogP contribution in [0.3, 0.4) is 0 Å². The first-order valence-electron chi connectivity index (χ1n) is 8.93. The molecule has 0 radical (unpaired) electrons. The van der Waals surface area contributed by atoms with E-state index in [1.807, 2.05) is 0 Å². The molecular weight excluding hydrogens is 455 g/mol. The molecule has 3 nitrogen and oxygen atoms in total. The normalized spacial score (nSPS) is 11.0. The van der Waals surface area contributed by atoms with Gasteiger partial charge >= 0.3 is 159 Å². The van der Waals surface area contributed by atoms with Gasteiger partial charge in [0.1, 0.15) is 0 Å². The molecule has 29 heavy (non-hydrogen) atoms. The number of hydrogen-bond acceptors (Lipinski definition) is 1. The van der Waals surface area contributed by atoms with Gasteiger partial charge in [0.15, 0.2) is 0 Å². The third kappa shape index (κ3) is 4.63. The van der Waals surface area contributed by atoms with E-state index in [1.165, 1.54) is 16.1 Å². The molecule has 0 aliphatic heterocycles. The third-order valence-electron chi connectivity index (χ3n) is 3.95. The molecule has 0 heterocycles. The fraction of sp³-hybridized carbons (Fsp3) is 0. The summed E-state index contributed by atoms with van der Waals surface area (Å²) in [5.41, 5.74) is 0. The molecule has 0 aliphatic carbocycles. The van der Waals surface area contributed by atoms with Crippen molar-refractivity contribution < 1.29 is 30.5 Å². The first kappa shape index (κ1) is 20.5. The van der Waals surface area contributed by atoms with E-state index in [1.54, 1.807) is 0 Å². The van der Waals surface area contributed by atoms with Crippen LogP contribution in [0.4, 0.5) is 4.79 Å². The zero-order chi connectivity index (χ0) is 20.5. The summed E-state index contributed by atoms with van der Waals surface area (Å²) in [7, 11) is 0. The van der Waals surface area contributed by atoms with Crippen LogP contribution in [0.2, 0.25) is 0 Å². The Morgan fingerprint density at radius 2 is 0.621 bits per heavy atom. The van der Waals surface area contributed by atoms with Crippen LogP contribution in [0.5, 0.6) is 0 Å². The van der Waals surface area contributed by atoms with Crippen LogP contribution in [0, 0.1) is 0 Å². The number of carboxylic acid groups (broad SMARTS) is 2. The van der Waals surface area contributed by atoms with Gasteiger partial charge in [-0.15, -0.1) is 0 Å². The molecule has 0 atom stereocenters. The van der Waals surface area contributed by atoms with Gasteiger partial charge in [0.25, 0.3) is 0 Å². The van der Waals surface area contributed by atoms with Crippen LogP contribution >= 0.6 is 0 Å². The zero-order valence-corrected chi connectivity index (χ0v) is 17.2. The second-order valence-electron chi connectivity index (χ2n) is 5.80. The number of carbonyl (C=O) groups is 1. The van der Waals surface area contributed by atoms with E-state index in [-0.39, 0.29) is 0 Å². The van der Waals surface area contributed by atoms with Crippen molar-refractivity contribution in [2.75, 3.05) is 0 Å². The van der Waals surface area contributed by atoms with Gasteiger partial charge in [0.05, 0.1) is 0 Å². The van der Waals surface area contributed by atoms with E-state index in [0.717, 1.165) is 0 Å². The van der Waals surface area contributed by atoms with Gasteiger partial charge in [0, 0.05) is 0 Å². The van der Waals surface area contributed by atoms with Gasteiger partial charge in [-0.3, -0.25) is 0 Å². The predicted octanol–water partition coefficient (Wildman–Crippen LogP) is 3.66. The van der Waals surface area contributed by atoms with Crippen molar-refractivity contribution in [1.29, 1.82) is 0 Å². The fourth-order valence-electron chi connectivity index (χ4n) is 2.88. The van der Waals surface area contributed by atoms with Crippen molar-refractivity contribution in [2.24, 2.45) is 0 Å². The summed E-state index contributed by atoms with van der Waals surface area (Å²) in [6, 6.07) is 44.1. The van der Waals surface area contributed by atoms with E-state index in [2.05, 4.69) is 121 Å². The Labute approximate surface area is 174 Å². The van der Waals surface area contributed by atoms with Crippen molar-refractivity contribution >= 4 is 22.3 Å². The van der Waals surface area contributed by atoms with Crippen molar-refractivity contribution in [3.8, 4) is 0 Å². The topological polar surface area (TPSA) is 57.5 Å². The quantitative estimate of drug-likeness (QED) is 0.442. The summed E-state index contributed by atoms with van der Waals surface area (Å²) >= 11 is -2.46. The molecule has 0 fully saturated rings. The summed E-state index contributed by atoms with van der Waals surface area (Å²) in [6.07, 6.45) is -1.83. The van der Waals surface area contributed by atoms with E-state index in [9.17, 15) is 0 Å². The van der Waals surface area contributed by atoms with Gasteiger partial charge in [-0.25, -0.2) is 4.79 Å². The number of hydrogen-bond donors (Lipinski definition) is 2. The maximum absolute atomic E-state index is 8.56. The van der Waals surface area contributed by atoms with Crippen LogP contribution in [0.1, 0.15) is 0 Å². The monoisotopic (exact) mass is 476 g/mol. The molecule has 4 aromatic carbocycles. The fourth-order valence-corrected chi connectivity index (χ4v) is 10.3. The average molecular weight is 477 g/mol. The molecule has 0 aromatic heterocycles. The second kappa shape index (κ2) is 9.84. The molecule has 0 unspecified atom stereocenters. The van der Waals surface area contributed by atoms with Crippen molar-refractivity contribution in [3.63, 3.8) is 0 Å². The Balaban J connectivity index is 0.000000552. The first-order chi connectivity index (χ1) is 14.2. The van der Waals surface area contributed by atoms with E-state index in [0.29, 0.717) is 0 Å². The summed E-state index contributed by atoms with van der Waals surface area (Å²) in [5.74, 6) is 0. The van der Waals surface area contributed by atoms with Crippen LogP contribution in [0.15, 0.2) is 121 Å². The third-order valence-corrected chi connectivity index (χ3v) is 11.4. The minimum absolute atomic E-state index is 1.43. The summed E-state index contributed by atoms with van der Waals surface area (Å²) in [4.78, 5) is 8.56. The summed E-state index contributed by atoms with van der Waals surface area (Å²) in [5, 5.41) is 13.9. The molecule has 150 valence electrons. The number of benzene rings is 4. The maximum atomic E-state index is 8.56. The summed E-state index contributed by atoms with van der Waals surface area (Å²) in [6.45, 7) is 0. The first-order valence-corrected chi connectivity index (χ1v) is 12.0. The predicted molar refractivity (Wildman–Crippen MR) is 115 cm³/mol. The average Bonchev–Trinajstić information content (AvgIpc) is 2.77. The Morgan fingerprint density at radius 3 is 0.793 bits per heavy atom. The molecule has 0 aliphatic rings. The van der Waals surface area contributed by atoms with Crippen LogP contribution < -0.4 is 16.1 Å². The molecular formula is C25H22O3Pd. The van der Waals surface area contributed by atoms with Gasteiger partial charge < -0.3 is 10.2 Å².